The first-order valence-electron chi connectivity index (χ1n) is 5.06. The minimum atomic E-state index is 0.0506. The van der Waals surface area contributed by atoms with Crippen molar-refractivity contribution in [1.82, 2.24) is 0 Å². The van der Waals surface area contributed by atoms with E-state index in [9.17, 15) is 5.11 Å². The SMILES string of the molecule is C[N+]1=CC2=c3c1c(O)c(N)c(Cl)c3=NCC2. The lowest BCUT2D eigenvalue weighted by Gasteiger charge is -2.07. The summed E-state index contributed by atoms with van der Waals surface area (Å²) in [6, 6.07) is 0. The predicted octanol–water partition coefficient (Wildman–Crippen LogP) is 0.160. The molecule has 0 saturated heterocycles. The Kier molecular flexibility index (Phi) is 1.80. The lowest BCUT2D eigenvalue weighted by Crippen LogP contribution is -2.32. The molecule has 4 nitrogen and oxygen atoms in total. The molecule has 0 spiro atoms. The second-order valence-electron chi connectivity index (χ2n) is 4.05. The molecule has 0 aromatic heterocycles. The van der Waals surface area contributed by atoms with Crippen molar-refractivity contribution in [3.8, 4) is 5.75 Å². The number of phenolic OH excluding ortho intramolecular Hbond substituents is 1. The van der Waals surface area contributed by atoms with Crippen molar-refractivity contribution < 1.29 is 9.68 Å². The molecule has 1 aromatic carbocycles. The van der Waals surface area contributed by atoms with Gasteiger partial charge in [-0.1, -0.05) is 11.6 Å². The van der Waals surface area contributed by atoms with Gasteiger partial charge in [-0.2, -0.15) is 4.58 Å². The molecule has 0 unspecified atom stereocenters. The number of halogens is 1. The minimum absolute atomic E-state index is 0.0506. The average molecular weight is 237 g/mol. The van der Waals surface area contributed by atoms with Crippen LogP contribution in [0.3, 0.4) is 0 Å². The van der Waals surface area contributed by atoms with Crippen molar-refractivity contribution in [3.63, 3.8) is 0 Å². The Balaban J connectivity index is 2.62. The topological polar surface area (TPSA) is 61.6 Å². The van der Waals surface area contributed by atoms with Crippen LogP contribution in [0.5, 0.6) is 5.75 Å². The number of benzene rings is 1. The number of rotatable bonds is 0. The smallest absolute Gasteiger partial charge is 0.259 e. The standard InChI is InChI=1S/C11H10ClN3O/c1-15-4-5-2-3-14-9-6(5)10(15)11(16)8(13)7(9)12/h4H,2-3H2,1H3,(H2,13,14)/p+1. The molecule has 2 heterocycles. The Hall–Kier alpha value is -1.55. The number of aromatic hydroxyl groups is 1. The van der Waals surface area contributed by atoms with Gasteiger partial charge in [0.2, 0.25) is 5.75 Å². The van der Waals surface area contributed by atoms with Crippen LogP contribution in [0.1, 0.15) is 6.42 Å². The summed E-state index contributed by atoms with van der Waals surface area (Å²) in [6.07, 6.45) is 2.88. The highest BCUT2D eigenvalue weighted by Gasteiger charge is 2.29. The largest absolute Gasteiger partial charge is 0.501 e. The fourth-order valence-corrected chi connectivity index (χ4v) is 2.58. The van der Waals surface area contributed by atoms with Crippen LogP contribution in [-0.4, -0.2) is 29.5 Å². The van der Waals surface area contributed by atoms with E-state index in [-0.39, 0.29) is 11.4 Å². The molecule has 0 radical (unpaired) electrons. The summed E-state index contributed by atoms with van der Waals surface area (Å²) in [6.45, 7) is 0.718. The number of hydrogen-bond acceptors (Lipinski definition) is 3. The normalized spacial score (nSPS) is 16.9. The van der Waals surface area contributed by atoms with Crippen LogP contribution < -0.4 is 16.3 Å². The van der Waals surface area contributed by atoms with Crippen molar-refractivity contribution in [2.24, 2.45) is 4.99 Å². The number of hydrogen-bond donors (Lipinski definition) is 2. The van der Waals surface area contributed by atoms with E-state index in [1.165, 1.54) is 5.57 Å². The minimum Gasteiger partial charge on any atom is -0.501 e. The van der Waals surface area contributed by atoms with E-state index >= 15 is 0 Å². The van der Waals surface area contributed by atoms with Crippen molar-refractivity contribution in [3.05, 3.63) is 15.6 Å². The van der Waals surface area contributed by atoms with Crippen LogP contribution in [0.15, 0.2) is 4.99 Å². The average Bonchev–Trinajstić information content (AvgIpc) is 2.60. The summed E-state index contributed by atoms with van der Waals surface area (Å²) in [4.78, 5) is 4.39. The Morgan fingerprint density at radius 2 is 2.31 bits per heavy atom. The molecule has 5 heteroatoms. The fourth-order valence-electron chi connectivity index (χ4n) is 2.34. The second kappa shape index (κ2) is 2.98. The van der Waals surface area contributed by atoms with Crippen LogP contribution in [-0.2, 0) is 0 Å². The predicted molar refractivity (Wildman–Crippen MR) is 63.1 cm³/mol. The third-order valence-corrected chi connectivity index (χ3v) is 3.45. The van der Waals surface area contributed by atoms with Crippen LogP contribution in [0.25, 0.3) is 5.57 Å². The maximum absolute atomic E-state index is 10.0. The van der Waals surface area contributed by atoms with Crippen molar-refractivity contribution in [2.45, 2.75) is 6.42 Å². The lowest BCUT2D eigenvalue weighted by molar-refractivity contribution is -0.397. The molecule has 3 rings (SSSR count). The van der Waals surface area contributed by atoms with Crippen LogP contribution in [0, 0.1) is 0 Å². The van der Waals surface area contributed by atoms with Crippen LogP contribution in [0.2, 0.25) is 5.02 Å². The number of nitrogens with two attached hydrogens (primary N) is 1. The van der Waals surface area contributed by atoms with Gasteiger partial charge in [0, 0.05) is 12.1 Å². The molecule has 0 amide bonds. The third-order valence-electron chi connectivity index (χ3n) is 3.07. The Labute approximate surface area is 97.0 Å². The first-order valence-corrected chi connectivity index (χ1v) is 5.44. The molecule has 0 aliphatic carbocycles. The first-order chi connectivity index (χ1) is 7.61. The van der Waals surface area contributed by atoms with Gasteiger partial charge < -0.3 is 10.8 Å². The molecule has 0 fully saturated rings. The summed E-state index contributed by atoms with van der Waals surface area (Å²) in [5.41, 5.74) is 7.87. The monoisotopic (exact) mass is 236 g/mol. The van der Waals surface area contributed by atoms with E-state index in [2.05, 4.69) is 4.99 Å². The van der Waals surface area contributed by atoms with Gasteiger partial charge in [-0.15, -0.1) is 0 Å². The summed E-state index contributed by atoms with van der Waals surface area (Å²) >= 11 is 6.10. The van der Waals surface area contributed by atoms with Gasteiger partial charge in [-0.3, -0.25) is 4.99 Å². The number of phenols is 1. The zero-order valence-electron chi connectivity index (χ0n) is 8.79. The van der Waals surface area contributed by atoms with Gasteiger partial charge in [0.25, 0.3) is 5.69 Å². The molecule has 2 aliphatic heterocycles. The summed E-state index contributed by atoms with van der Waals surface area (Å²) in [5.74, 6) is 0.0506. The van der Waals surface area contributed by atoms with Gasteiger partial charge >= 0.3 is 0 Å². The quantitative estimate of drug-likeness (QED) is 0.383. The van der Waals surface area contributed by atoms with E-state index in [1.807, 2.05) is 17.8 Å². The number of nitrogen functional groups attached to an aromatic ring is 1. The van der Waals surface area contributed by atoms with Crippen molar-refractivity contribution in [2.75, 3.05) is 19.3 Å². The van der Waals surface area contributed by atoms with Crippen LogP contribution >= 0.6 is 11.6 Å². The van der Waals surface area contributed by atoms with E-state index in [4.69, 9.17) is 17.3 Å². The van der Waals surface area contributed by atoms with E-state index < -0.39 is 0 Å². The summed E-state index contributed by atoms with van der Waals surface area (Å²) < 4.78 is 1.87. The van der Waals surface area contributed by atoms with Crippen LogP contribution in [0.4, 0.5) is 11.4 Å². The zero-order chi connectivity index (χ0) is 11.4. The zero-order valence-corrected chi connectivity index (χ0v) is 9.54. The van der Waals surface area contributed by atoms with Crippen molar-refractivity contribution >= 4 is 34.8 Å². The second-order valence-corrected chi connectivity index (χ2v) is 4.42. The molecular weight excluding hydrogens is 226 g/mol. The van der Waals surface area contributed by atoms with Gasteiger partial charge in [0.1, 0.15) is 12.7 Å². The molecule has 16 heavy (non-hydrogen) atoms. The Bertz CT molecular complexity index is 661. The molecule has 0 atom stereocenters. The third kappa shape index (κ3) is 0.998. The highest BCUT2D eigenvalue weighted by molar-refractivity contribution is 6.33. The maximum atomic E-state index is 10.0. The highest BCUT2D eigenvalue weighted by atomic mass is 35.5. The molecule has 2 aliphatic rings. The Morgan fingerprint density at radius 1 is 1.56 bits per heavy atom. The maximum Gasteiger partial charge on any atom is 0.259 e. The van der Waals surface area contributed by atoms with E-state index in [0.29, 0.717) is 10.4 Å². The summed E-state index contributed by atoms with van der Waals surface area (Å²) in [7, 11) is 1.88. The Morgan fingerprint density at radius 3 is 3.06 bits per heavy atom. The van der Waals surface area contributed by atoms with Gasteiger partial charge in [-0.25, -0.2) is 0 Å². The molecule has 3 N–H and O–H groups in total. The number of nitrogens with zero attached hydrogens (tertiary/aromatic N) is 2. The van der Waals surface area contributed by atoms with Gasteiger partial charge in [0.15, 0.2) is 6.21 Å². The molecule has 0 bridgehead atoms. The number of anilines is 1. The highest BCUT2D eigenvalue weighted by Crippen LogP contribution is 2.34. The van der Waals surface area contributed by atoms with Crippen molar-refractivity contribution in [1.29, 1.82) is 0 Å². The van der Waals surface area contributed by atoms with E-state index in [0.717, 1.165) is 23.9 Å². The first kappa shape index (κ1) is 9.66. The molecule has 0 saturated carbocycles. The summed E-state index contributed by atoms with van der Waals surface area (Å²) in [5, 5.41) is 12.0. The fraction of sp³-hybridized carbons (Fsp3) is 0.273. The molecular formula is C11H11ClN3O+. The van der Waals surface area contributed by atoms with Gasteiger partial charge in [0.05, 0.1) is 15.6 Å². The lowest BCUT2D eigenvalue weighted by atomic mass is 10.1. The van der Waals surface area contributed by atoms with E-state index in [1.54, 1.807) is 0 Å². The molecule has 1 aromatic rings. The molecule has 82 valence electrons. The van der Waals surface area contributed by atoms with Gasteiger partial charge in [-0.05, 0) is 6.42 Å².